The highest BCUT2D eigenvalue weighted by Gasteiger charge is 2.21. The van der Waals surface area contributed by atoms with Crippen molar-refractivity contribution in [2.45, 2.75) is 19.4 Å². The third-order valence-electron chi connectivity index (χ3n) is 3.51. The van der Waals surface area contributed by atoms with Gasteiger partial charge in [-0.25, -0.2) is 9.78 Å². The Morgan fingerprint density at radius 2 is 2.26 bits per heavy atom. The number of methoxy groups -OCH3 is 1. The first-order valence-electron chi connectivity index (χ1n) is 6.61. The fourth-order valence-electron chi connectivity index (χ4n) is 2.53. The summed E-state index contributed by atoms with van der Waals surface area (Å²) in [5.74, 6) is 0.536. The summed E-state index contributed by atoms with van der Waals surface area (Å²) < 4.78 is 4.75. The molecule has 0 saturated carbocycles. The number of carbonyl (C=O) groups excluding carboxylic acids is 1. The molecular weight excluding hydrogens is 242 g/mol. The van der Waals surface area contributed by atoms with Gasteiger partial charge in [0.05, 0.1) is 12.7 Å². The van der Waals surface area contributed by atoms with E-state index in [0.717, 1.165) is 31.9 Å². The topological polar surface area (TPSA) is 45.7 Å². The summed E-state index contributed by atoms with van der Waals surface area (Å²) in [6.45, 7) is 5.25. The average molecular weight is 263 g/mol. The van der Waals surface area contributed by atoms with Crippen LogP contribution in [0.5, 0.6) is 0 Å². The standard InChI is InChI=1S/C14H21N3O2/c1-11-10-16(2)7-4-8-17(11)13-9-12(5-6-15-13)14(18)19-3/h5-6,9,11H,4,7-8,10H2,1-3H3. The Balaban J connectivity index is 2.22. The molecule has 5 nitrogen and oxygen atoms in total. The van der Waals surface area contributed by atoms with E-state index in [1.807, 2.05) is 6.07 Å². The zero-order valence-corrected chi connectivity index (χ0v) is 11.8. The van der Waals surface area contributed by atoms with E-state index in [1.54, 1.807) is 12.3 Å². The third kappa shape index (κ3) is 3.23. The molecule has 19 heavy (non-hydrogen) atoms. The van der Waals surface area contributed by atoms with E-state index in [-0.39, 0.29) is 5.97 Å². The van der Waals surface area contributed by atoms with E-state index < -0.39 is 0 Å². The number of rotatable bonds is 2. The second kappa shape index (κ2) is 6.02. The van der Waals surface area contributed by atoms with Gasteiger partial charge in [-0.15, -0.1) is 0 Å². The van der Waals surface area contributed by atoms with Crippen LogP contribution >= 0.6 is 0 Å². The van der Waals surface area contributed by atoms with E-state index in [4.69, 9.17) is 4.74 Å². The lowest BCUT2D eigenvalue weighted by Gasteiger charge is -2.29. The molecule has 1 aliphatic heterocycles. The summed E-state index contributed by atoms with van der Waals surface area (Å²) in [5.41, 5.74) is 0.553. The smallest absolute Gasteiger partial charge is 0.338 e. The normalized spacial score (nSPS) is 21.0. The summed E-state index contributed by atoms with van der Waals surface area (Å²) in [7, 11) is 3.53. The number of anilines is 1. The molecule has 1 fully saturated rings. The lowest BCUT2D eigenvalue weighted by molar-refractivity contribution is 0.0600. The molecule has 0 N–H and O–H groups in total. The summed E-state index contributed by atoms with van der Waals surface area (Å²) >= 11 is 0. The van der Waals surface area contributed by atoms with Gasteiger partial charge >= 0.3 is 5.97 Å². The van der Waals surface area contributed by atoms with Crippen molar-refractivity contribution in [1.82, 2.24) is 9.88 Å². The molecule has 2 rings (SSSR count). The van der Waals surface area contributed by atoms with Crippen LogP contribution in [-0.4, -0.2) is 55.7 Å². The number of likely N-dealkylation sites (N-methyl/N-ethyl adjacent to an activating group) is 1. The van der Waals surface area contributed by atoms with Crippen LogP contribution in [0, 0.1) is 0 Å². The van der Waals surface area contributed by atoms with Crippen LogP contribution in [0.25, 0.3) is 0 Å². The van der Waals surface area contributed by atoms with Crippen molar-refractivity contribution in [2.24, 2.45) is 0 Å². The fraction of sp³-hybridized carbons (Fsp3) is 0.571. The molecular formula is C14H21N3O2. The number of nitrogens with zero attached hydrogens (tertiary/aromatic N) is 3. The van der Waals surface area contributed by atoms with Gasteiger partial charge in [0.25, 0.3) is 0 Å². The number of aromatic nitrogens is 1. The molecule has 1 aromatic rings. The minimum atomic E-state index is -0.316. The predicted octanol–water partition coefficient (Wildman–Crippen LogP) is 1.40. The number of ether oxygens (including phenoxy) is 1. The molecule has 1 unspecified atom stereocenters. The zero-order chi connectivity index (χ0) is 13.8. The SMILES string of the molecule is COC(=O)c1ccnc(N2CCCN(C)CC2C)c1. The molecule has 0 radical (unpaired) electrons. The molecule has 0 aromatic carbocycles. The zero-order valence-electron chi connectivity index (χ0n) is 11.8. The largest absolute Gasteiger partial charge is 0.465 e. The van der Waals surface area contributed by atoms with Crippen molar-refractivity contribution in [3.05, 3.63) is 23.9 Å². The Bertz CT molecular complexity index is 450. The number of hydrogen-bond acceptors (Lipinski definition) is 5. The summed E-state index contributed by atoms with van der Waals surface area (Å²) in [5, 5.41) is 0. The van der Waals surface area contributed by atoms with Crippen molar-refractivity contribution in [1.29, 1.82) is 0 Å². The van der Waals surface area contributed by atoms with Crippen LogP contribution in [0.2, 0.25) is 0 Å². The Morgan fingerprint density at radius 1 is 1.47 bits per heavy atom. The molecule has 0 bridgehead atoms. The minimum Gasteiger partial charge on any atom is -0.465 e. The molecule has 104 valence electrons. The van der Waals surface area contributed by atoms with Gasteiger partial charge in [-0.1, -0.05) is 0 Å². The molecule has 0 amide bonds. The first kappa shape index (κ1) is 13.8. The number of pyridine rings is 1. The van der Waals surface area contributed by atoms with Gasteiger partial charge in [0.15, 0.2) is 0 Å². The number of esters is 1. The maximum absolute atomic E-state index is 11.6. The van der Waals surface area contributed by atoms with E-state index in [2.05, 4.69) is 28.8 Å². The number of carbonyl (C=O) groups is 1. The molecule has 0 aliphatic carbocycles. The highest BCUT2D eigenvalue weighted by molar-refractivity contribution is 5.90. The van der Waals surface area contributed by atoms with Crippen molar-refractivity contribution >= 4 is 11.8 Å². The quantitative estimate of drug-likeness (QED) is 0.755. The number of hydrogen-bond donors (Lipinski definition) is 0. The van der Waals surface area contributed by atoms with Gasteiger partial charge in [-0.2, -0.15) is 0 Å². The van der Waals surface area contributed by atoms with E-state index >= 15 is 0 Å². The van der Waals surface area contributed by atoms with Gasteiger partial charge in [0.1, 0.15) is 5.82 Å². The fourth-order valence-corrected chi connectivity index (χ4v) is 2.53. The summed E-state index contributed by atoms with van der Waals surface area (Å²) in [6, 6.07) is 3.88. The van der Waals surface area contributed by atoms with Gasteiger partial charge in [0, 0.05) is 25.3 Å². The Labute approximate surface area is 114 Å². The maximum Gasteiger partial charge on any atom is 0.338 e. The monoisotopic (exact) mass is 263 g/mol. The first-order chi connectivity index (χ1) is 9.11. The predicted molar refractivity (Wildman–Crippen MR) is 74.5 cm³/mol. The highest BCUT2D eigenvalue weighted by Crippen LogP contribution is 2.19. The first-order valence-corrected chi connectivity index (χ1v) is 6.61. The van der Waals surface area contributed by atoms with Gasteiger partial charge < -0.3 is 14.5 Å². The lowest BCUT2D eigenvalue weighted by atomic mass is 10.2. The maximum atomic E-state index is 11.6. The van der Waals surface area contributed by atoms with Gasteiger partial charge in [-0.3, -0.25) is 0 Å². The Hall–Kier alpha value is -1.62. The van der Waals surface area contributed by atoms with Crippen molar-refractivity contribution < 1.29 is 9.53 Å². The van der Waals surface area contributed by atoms with Crippen molar-refractivity contribution in [2.75, 3.05) is 38.7 Å². The molecule has 1 atom stereocenters. The second-order valence-electron chi connectivity index (χ2n) is 5.05. The van der Waals surface area contributed by atoms with E-state index in [9.17, 15) is 4.79 Å². The van der Waals surface area contributed by atoms with Crippen LogP contribution in [0.3, 0.4) is 0 Å². The highest BCUT2D eigenvalue weighted by atomic mass is 16.5. The van der Waals surface area contributed by atoms with Gasteiger partial charge in [-0.05, 0) is 39.1 Å². The minimum absolute atomic E-state index is 0.316. The van der Waals surface area contributed by atoms with Crippen LogP contribution in [0.1, 0.15) is 23.7 Å². The second-order valence-corrected chi connectivity index (χ2v) is 5.05. The van der Waals surface area contributed by atoms with Crippen molar-refractivity contribution in [3.8, 4) is 0 Å². The van der Waals surface area contributed by atoms with Gasteiger partial charge in [0.2, 0.25) is 0 Å². The summed E-state index contributed by atoms with van der Waals surface area (Å²) in [4.78, 5) is 20.6. The Kier molecular flexibility index (Phi) is 4.37. The molecule has 1 saturated heterocycles. The Morgan fingerprint density at radius 3 is 3.00 bits per heavy atom. The summed E-state index contributed by atoms with van der Waals surface area (Å²) in [6.07, 6.45) is 2.77. The van der Waals surface area contributed by atoms with Crippen LogP contribution in [0.15, 0.2) is 18.3 Å². The molecule has 0 spiro atoms. The van der Waals surface area contributed by atoms with E-state index in [0.29, 0.717) is 11.6 Å². The van der Waals surface area contributed by atoms with Crippen molar-refractivity contribution in [3.63, 3.8) is 0 Å². The average Bonchev–Trinajstić information content (AvgIpc) is 2.58. The molecule has 2 heterocycles. The third-order valence-corrected chi connectivity index (χ3v) is 3.51. The molecule has 5 heteroatoms. The molecule has 1 aromatic heterocycles. The lowest BCUT2D eigenvalue weighted by Crippen LogP contribution is -2.38. The molecule has 1 aliphatic rings. The van der Waals surface area contributed by atoms with Crippen LogP contribution < -0.4 is 4.90 Å². The van der Waals surface area contributed by atoms with E-state index in [1.165, 1.54) is 7.11 Å². The van der Waals surface area contributed by atoms with Crippen LogP contribution in [0.4, 0.5) is 5.82 Å². The van der Waals surface area contributed by atoms with Crippen LogP contribution in [-0.2, 0) is 4.74 Å².